The minimum absolute atomic E-state index is 0. The molecule has 0 bridgehead atoms. The van der Waals surface area contributed by atoms with Crippen LogP contribution in [-0.4, -0.2) is 16.3 Å². The molecular weight excluding hydrogens is 215 g/mol. The van der Waals surface area contributed by atoms with Crippen LogP contribution in [0.4, 0.5) is 0 Å². The molecule has 0 saturated carbocycles. The third-order valence-corrected chi connectivity index (χ3v) is 0. The molecule has 0 aliphatic rings. The molecule has 5 nitrogen and oxygen atoms in total. The van der Waals surface area contributed by atoms with E-state index < -0.39 is 5.09 Å². The Balaban J connectivity index is -0.0000000720. The molecule has 0 heterocycles. The Morgan fingerprint density at radius 2 is 1.44 bits per heavy atom. The quantitative estimate of drug-likeness (QED) is 0.359. The summed E-state index contributed by atoms with van der Waals surface area (Å²) in [5, 5.41) is 22.8. The maximum Gasteiger partial charge on any atom is 1.00 e. The van der Waals surface area contributed by atoms with Crippen LogP contribution >= 0.6 is 0 Å². The van der Waals surface area contributed by atoms with E-state index >= 15 is 0 Å². The van der Waals surface area contributed by atoms with Gasteiger partial charge in [-0.25, -0.2) is 0 Å². The Kier molecular flexibility index (Phi) is 18.9. The van der Waals surface area contributed by atoms with E-state index in [0.717, 1.165) is 0 Å². The van der Waals surface area contributed by atoms with Crippen molar-refractivity contribution in [2.24, 2.45) is 0 Å². The molecule has 0 spiro atoms. The van der Waals surface area contributed by atoms with Crippen molar-refractivity contribution in [3.05, 3.63) is 15.3 Å². The number of hydrogen-bond acceptors (Lipinski definition) is 4. The number of hydrogen-bond donors (Lipinski definition) is 1. The van der Waals surface area contributed by atoms with Gasteiger partial charge in [0.1, 0.15) is 0 Å². The first-order chi connectivity index (χ1) is 3.46. The van der Waals surface area contributed by atoms with Crippen molar-refractivity contribution in [2.75, 3.05) is 0 Å². The first kappa shape index (κ1) is 15.9. The van der Waals surface area contributed by atoms with Crippen LogP contribution in [0.15, 0.2) is 0 Å². The first-order valence-electron chi connectivity index (χ1n) is 1.96. The first-order valence-corrected chi connectivity index (χ1v) is 1.96. The predicted octanol–water partition coefficient (Wildman–Crippen LogP) is 0.145. The number of rotatable bonds is 0. The smallest absolute Gasteiger partial charge is 0.394 e. The largest absolute Gasteiger partial charge is 1.00 e. The van der Waals surface area contributed by atoms with Crippen molar-refractivity contribution in [1.29, 1.82) is 0 Å². The molecule has 0 amide bonds. The zero-order valence-electron chi connectivity index (χ0n) is 5.05. The fourth-order valence-corrected chi connectivity index (χ4v) is 0. The van der Waals surface area contributed by atoms with E-state index in [1.54, 1.807) is 13.8 Å². The zero-order chi connectivity index (χ0) is 7.15. The number of aliphatic hydroxyl groups excluding tert-OH is 1. The van der Waals surface area contributed by atoms with E-state index in [9.17, 15) is 0 Å². The van der Waals surface area contributed by atoms with Gasteiger partial charge in [0.2, 0.25) is 0 Å². The Labute approximate surface area is 65.6 Å². The molecule has 1 N–H and O–H groups in total. The van der Waals surface area contributed by atoms with Gasteiger partial charge in [-0.1, -0.05) is 0 Å². The van der Waals surface area contributed by atoms with Gasteiger partial charge < -0.3 is 20.4 Å². The average Bonchev–Trinajstić information content (AvgIpc) is 1.25. The molecule has 0 fully saturated rings. The van der Waals surface area contributed by atoms with Crippen LogP contribution in [0.1, 0.15) is 13.8 Å². The second-order valence-corrected chi connectivity index (χ2v) is 1.32. The molecule has 0 saturated heterocycles. The summed E-state index contributed by atoms with van der Waals surface area (Å²) < 4.78 is 0. The fourth-order valence-electron chi connectivity index (χ4n) is 0. The van der Waals surface area contributed by atoms with E-state index in [-0.39, 0.29) is 25.6 Å². The van der Waals surface area contributed by atoms with Crippen LogP contribution in [-0.2, 0) is 19.5 Å². The van der Waals surface area contributed by atoms with Crippen molar-refractivity contribution >= 4 is 0 Å². The van der Waals surface area contributed by atoms with Crippen LogP contribution < -0.4 is 0 Å². The molecule has 57 valence electrons. The second kappa shape index (κ2) is 10.7. The normalized spacial score (nSPS) is 6.67. The second-order valence-electron chi connectivity index (χ2n) is 1.32. The molecule has 0 aromatic rings. The van der Waals surface area contributed by atoms with Gasteiger partial charge in [-0.2, -0.15) is 0 Å². The molecule has 0 aliphatic heterocycles. The summed E-state index contributed by atoms with van der Waals surface area (Å²) >= 11 is 0. The topological polar surface area (TPSA) is 86.4 Å². The summed E-state index contributed by atoms with van der Waals surface area (Å²) in [6.07, 6.45) is -0.167. The molecule has 0 unspecified atom stereocenters. The molecule has 0 atom stereocenters. The predicted molar refractivity (Wildman–Crippen MR) is 27.7 cm³/mol. The van der Waals surface area contributed by atoms with Crippen molar-refractivity contribution in [1.82, 2.24) is 0 Å². The van der Waals surface area contributed by atoms with E-state index in [4.69, 9.17) is 20.4 Å². The van der Waals surface area contributed by atoms with Gasteiger partial charge in [-0.3, -0.25) is 0 Å². The van der Waals surface area contributed by atoms with Gasteiger partial charge in [0.15, 0.2) is 0 Å². The Bertz CT molecular complexity index is 60.1. The van der Waals surface area contributed by atoms with Crippen LogP contribution in [0.5, 0.6) is 0 Å². The fraction of sp³-hybridized carbons (Fsp3) is 1.00. The monoisotopic (exact) mass is 224 g/mol. The van der Waals surface area contributed by atoms with Crippen LogP contribution in [0.3, 0.4) is 0 Å². The van der Waals surface area contributed by atoms with Crippen molar-refractivity contribution in [3.8, 4) is 0 Å². The Morgan fingerprint density at radius 1 is 1.44 bits per heavy atom. The molecule has 0 aromatic heterocycles. The van der Waals surface area contributed by atoms with Crippen LogP contribution in [0.25, 0.3) is 0 Å². The summed E-state index contributed by atoms with van der Waals surface area (Å²) in [5.74, 6) is 0. The summed E-state index contributed by atoms with van der Waals surface area (Å²) in [4.78, 5) is 8.25. The maximum absolute atomic E-state index is 8.25. The third-order valence-electron chi connectivity index (χ3n) is 0. The van der Waals surface area contributed by atoms with Gasteiger partial charge in [0.05, 0.1) is 5.09 Å². The van der Waals surface area contributed by atoms with E-state index in [2.05, 4.69) is 0 Å². The van der Waals surface area contributed by atoms with E-state index in [0.29, 0.717) is 0 Å². The van der Waals surface area contributed by atoms with Crippen LogP contribution in [0.2, 0.25) is 0 Å². The maximum atomic E-state index is 8.25. The van der Waals surface area contributed by atoms with Crippen molar-refractivity contribution in [2.45, 2.75) is 20.0 Å². The van der Waals surface area contributed by atoms with Gasteiger partial charge in [-0.15, -0.1) is 0 Å². The molecule has 0 rings (SSSR count). The van der Waals surface area contributed by atoms with Gasteiger partial charge >= 0.3 is 19.5 Å². The molecular formula is C3H8NO4Ru. The van der Waals surface area contributed by atoms with Crippen molar-refractivity contribution < 1.29 is 29.7 Å². The summed E-state index contributed by atoms with van der Waals surface area (Å²) in [6.45, 7) is 3.44. The molecule has 0 aromatic carbocycles. The molecule has 9 heavy (non-hydrogen) atoms. The summed E-state index contributed by atoms with van der Waals surface area (Å²) in [5.41, 5.74) is 0. The Morgan fingerprint density at radius 3 is 1.44 bits per heavy atom. The van der Waals surface area contributed by atoms with E-state index in [1.165, 1.54) is 0 Å². The summed E-state index contributed by atoms with van der Waals surface area (Å²) in [7, 11) is 0. The van der Waals surface area contributed by atoms with Gasteiger partial charge in [-0.05, 0) is 13.8 Å². The minimum Gasteiger partial charge on any atom is -0.394 e. The Hall–Kier alpha value is -0.217. The standard InChI is InChI=1S/C3H8O.NO3.Ru/c1-3(2)4;2-1(3)4;/h3-4H,1-2H3;;/q;-1;+1. The molecule has 0 aliphatic carbocycles. The SMILES string of the molecule is CC(C)O.O=[N+]([O-])[O-].[Ru+]. The molecule has 1 radical (unpaired) electrons. The number of nitrogens with zero attached hydrogens (tertiary/aromatic N) is 1. The van der Waals surface area contributed by atoms with Crippen LogP contribution in [0, 0.1) is 15.3 Å². The third kappa shape index (κ3) is 5550. The molecule has 6 heteroatoms. The van der Waals surface area contributed by atoms with E-state index in [1.807, 2.05) is 0 Å². The zero-order valence-corrected chi connectivity index (χ0v) is 6.79. The summed E-state index contributed by atoms with van der Waals surface area (Å²) in [6, 6.07) is 0. The van der Waals surface area contributed by atoms with Crippen molar-refractivity contribution in [3.63, 3.8) is 0 Å². The van der Waals surface area contributed by atoms with Gasteiger partial charge in [0.25, 0.3) is 0 Å². The number of aliphatic hydroxyl groups is 1. The van der Waals surface area contributed by atoms with Gasteiger partial charge in [0, 0.05) is 6.10 Å². The minimum atomic E-state index is -1.75. The average molecular weight is 223 g/mol.